The minimum atomic E-state index is -0.448. The fourth-order valence-electron chi connectivity index (χ4n) is 2.77. The molecule has 0 aromatic heterocycles. The number of rotatable bonds is 1. The minimum absolute atomic E-state index is 0.0242. The van der Waals surface area contributed by atoms with Crippen molar-refractivity contribution in [1.82, 2.24) is 4.90 Å². The Labute approximate surface area is 110 Å². The van der Waals surface area contributed by atoms with E-state index in [0.717, 1.165) is 25.3 Å². The lowest BCUT2D eigenvalue weighted by atomic mass is 10.1. The third kappa shape index (κ3) is 1.95. The average molecular weight is 264 g/mol. The van der Waals surface area contributed by atoms with Gasteiger partial charge in [-0.05, 0) is 7.05 Å². The summed E-state index contributed by atoms with van der Waals surface area (Å²) in [5.74, 6) is 0.521. The van der Waals surface area contributed by atoms with E-state index in [4.69, 9.17) is 10.5 Å². The zero-order chi connectivity index (χ0) is 13.6. The first-order chi connectivity index (χ1) is 9.06. The fourth-order valence-corrected chi connectivity index (χ4v) is 2.77. The van der Waals surface area contributed by atoms with Crippen LogP contribution in [-0.2, 0) is 0 Å². The molecule has 2 aliphatic heterocycles. The van der Waals surface area contributed by atoms with Gasteiger partial charge in [0.1, 0.15) is 12.3 Å². The second kappa shape index (κ2) is 4.27. The molecule has 0 bridgehead atoms. The normalized spacial score (nSPS) is 22.4. The second-order valence-electron chi connectivity index (χ2n) is 5.06. The average Bonchev–Trinajstić information content (AvgIpc) is 2.37. The Hall–Kier alpha value is -2.02. The lowest BCUT2D eigenvalue weighted by molar-refractivity contribution is -0.384. The quantitative estimate of drug-likeness (QED) is 0.456. The number of nitro benzene ring substituents is 1. The van der Waals surface area contributed by atoms with Gasteiger partial charge in [-0.1, -0.05) is 0 Å². The summed E-state index contributed by atoms with van der Waals surface area (Å²) in [6, 6.07) is 3.12. The number of nitrogen functional groups attached to an aromatic ring is 1. The largest absolute Gasteiger partial charge is 0.489 e. The van der Waals surface area contributed by atoms with Crippen LogP contribution in [0.2, 0.25) is 0 Å². The molecule has 0 saturated carbocycles. The molecule has 19 heavy (non-hydrogen) atoms. The predicted octanol–water partition coefficient (Wildman–Crippen LogP) is 0.690. The van der Waals surface area contributed by atoms with Gasteiger partial charge < -0.3 is 20.3 Å². The topological polar surface area (TPSA) is 84.9 Å². The highest BCUT2D eigenvalue weighted by Gasteiger charge is 2.34. The van der Waals surface area contributed by atoms with Gasteiger partial charge in [0, 0.05) is 25.7 Å². The first kappa shape index (κ1) is 12.0. The lowest BCUT2D eigenvalue weighted by Gasteiger charge is -2.44. The van der Waals surface area contributed by atoms with Crippen molar-refractivity contribution in [1.29, 1.82) is 0 Å². The van der Waals surface area contributed by atoms with Crippen molar-refractivity contribution in [2.75, 3.05) is 43.9 Å². The molecule has 0 radical (unpaired) electrons. The Morgan fingerprint density at radius 3 is 3.00 bits per heavy atom. The van der Waals surface area contributed by atoms with E-state index in [1.165, 1.54) is 12.1 Å². The molecule has 0 unspecified atom stereocenters. The SMILES string of the molecule is CN1CCN2c3c(N)cc([N+](=O)[O-])cc3OC[C@H]2C1. The molecule has 1 atom stereocenters. The highest BCUT2D eigenvalue weighted by molar-refractivity contribution is 5.79. The first-order valence-corrected chi connectivity index (χ1v) is 6.22. The molecule has 1 saturated heterocycles. The maximum absolute atomic E-state index is 10.8. The number of hydrogen-bond donors (Lipinski definition) is 1. The molecule has 0 amide bonds. The van der Waals surface area contributed by atoms with Gasteiger partial charge in [0.25, 0.3) is 5.69 Å². The van der Waals surface area contributed by atoms with Gasteiger partial charge >= 0.3 is 0 Å². The van der Waals surface area contributed by atoms with Crippen LogP contribution in [0.15, 0.2) is 12.1 Å². The van der Waals surface area contributed by atoms with Crippen LogP contribution in [-0.4, -0.2) is 49.2 Å². The summed E-state index contributed by atoms with van der Waals surface area (Å²) in [4.78, 5) is 14.8. The fraction of sp³-hybridized carbons (Fsp3) is 0.500. The summed E-state index contributed by atoms with van der Waals surface area (Å²) in [6.07, 6.45) is 0. The van der Waals surface area contributed by atoms with E-state index in [0.29, 0.717) is 18.0 Å². The smallest absolute Gasteiger partial charge is 0.275 e. The van der Waals surface area contributed by atoms with Crippen molar-refractivity contribution >= 4 is 17.1 Å². The summed E-state index contributed by atoms with van der Waals surface area (Å²) in [5, 5.41) is 10.8. The molecule has 7 heteroatoms. The summed E-state index contributed by atoms with van der Waals surface area (Å²) in [6.45, 7) is 3.26. The van der Waals surface area contributed by atoms with Crippen LogP contribution in [0.25, 0.3) is 0 Å². The van der Waals surface area contributed by atoms with E-state index in [1.54, 1.807) is 0 Å². The third-order valence-electron chi connectivity index (χ3n) is 3.70. The molecule has 1 aromatic rings. The maximum Gasteiger partial charge on any atom is 0.275 e. The number of ether oxygens (including phenoxy) is 1. The van der Waals surface area contributed by atoms with E-state index in [2.05, 4.69) is 16.8 Å². The lowest BCUT2D eigenvalue weighted by Crippen LogP contribution is -2.56. The van der Waals surface area contributed by atoms with Crippen LogP contribution in [0.5, 0.6) is 5.75 Å². The van der Waals surface area contributed by atoms with Crippen molar-refractivity contribution < 1.29 is 9.66 Å². The Morgan fingerprint density at radius 2 is 2.26 bits per heavy atom. The van der Waals surface area contributed by atoms with E-state index in [-0.39, 0.29) is 11.7 Å². The molecule has 2 aliphatic rings. The highest BCUT2D eigenvalue weighted by Crippen LogP contribution is 2.42. The number of benzene rings is 1. The molecule has 1 fully saturated rings. The minimum Gasteiger partial charge on any atom is -0.489 e. The zero-order valence-corrected chi connectivity index (χ0v) is 10.7. The molecule has 0 spiro atoms. The Balaban J connectivity index is 2.01. The van der Waals surface area contributed by atoms with Crippen molar-refractivity contribution in [3.05, 3.63) is 22.2 Å². The van der Waals surface area contributed by atoms with Gasteiger partial charge in [-0.3, -0.25) is 10.1 Å². The van der Waals surface area contributed by atoms with Gasteiger partial charge in [0.15, 0.2) is 5.75 Å². The Bertz CT molecular complexity index is 534. The van der Waals surface area contributed by atoms with Crippen molar-refractivity contribution in [2.24, 2.45) is 0 Å². The number of non-ortho nitro benzene ring substituents is 1. The summed E-state index contributed by atoms with van der Waals surface area (Å²) in [5.41, 5.74) is 7.17. The van der Waals surface area contributed by atoms with E-state index in [1.807, 2.05) is 0 Å². The number of nitro groups is 1. The van der Waals surface area contributed by atoms with Crippen LogP contribution in [0.4, 0.5) is 17.1 Å². The second-order valence-corrected chi connectivity index (χ2v) is 5.06. The third-order valence-corrected chi connectivity index (χ3v) is 3.70. The number of nitrogens with zero attached hydrogens (tertiary/aromatic N) is 3. The van der Waals surface area contributed by atoms with Crippen molar-refractivity contribution in [3.63, 3.8) is 0 Å². The number of piperazine rings is 1. The first-order valence-electron chi connectivity index (χ1n) is 6.22. The van der Waals surface area contributed by atoms with Gasteiger partial charge in [0.05, 0.1) is 22.7 Å². The Kier molecular flexibility index (Phi) is 2.70. The van der Waals surface area contributed by atoms with Crippen LogP contribution in [0, 0.1) is 10.1 Å². The molecule has 2 N–H and O–H groups in total. The molecular formula is C12H16N4O3. The molecule has 7 nitrogen and oxygen atoms in total. The van der Waals surface area contributed by atoms with Gasteiger partial charge in [-0.15, -0.1) is 0 Å². The number of fused-ring (bicyclic) bond motifs is 3. The molecule has 1 aromatic carbocycles. The summed E-state index contributed by atoms with van der Waals surface area (Å²) >= 11 is 0. The van der Waals surface area contributed by atoms with E-state index in [9.17, 15) is 10.1 Å². The molecule has 2 heterocycles. The highest BCUT2D eigenvalue weighted by atomic mass is 16.6. The monoisotopic (exact) mass is 264 g/mol. The van der Waals surface area contributed by atoms with Gasteiger partial charge in [-0.25, -0.2) is 0 Å². The predicted molar refractivity (Wildman–Crippen MR) is 71.6 cm³/mol. The van der Waals surface area contributed by atoms with Crippen molar-refractivity contribution in [3.8, 4) is 5.75 Å². The standard InChI is InChI=1S/C12H16N4O3/c1-14-2-3-15-9(6-14)7-19-11-5-8(16(17)18)4-10(13)12(11)15/h4-5,9H,2-3,6-7,13H2,1H3/t9-/m1/s1. The molecule has 102 valence electrons. The molecule has 0 aliphatic carbocycles. The number of hydrogen-bond acceptors (Lipinski definition) is 6. The molecular weight excluding hydrogens is 248 g/mol. The van der Waals surface area contributed by atoms with Crippen LogP contribution >= 0.6 is 0 Å². The Morgan fingerprint density at radius 1 is 1.47 bits per heavy atom. The number of nitrogens with two attached hydrogens (primary N) is 1. The maximum atomic E-state index is 10.8. The van der Waals surface area contributed by atoms with E-state index < -0.39 is 4.92 Å². The van der Waals surface area contributed by atoms with Crippen molar-refractivity contribution in [2.45, 2.75) is 6.04 Å². The summed E-state index contributed by atoms with van der Waals surface area (Å²) < 4.78 is 5.66. The van der Waals surface area contributed by atoms with E-state index >= 15 is 0 Å². The molecule has 3 rings (SSSR count). The number of anilines is 2. The summed E-state index contributed by atoms with van der Waals surface area (Å²) in [7, 11) is 2.08. The van der Waals surface area contributed by atoms with Crippen LogP contribution in [0.3, 0.4) is 0 Å². The van der Waals surface area contributed by atoms with Gasteiger partial charge in [0.2, 0.25) is 0 Å². The van der Waals surface area contributed by atoms with Crippen LogP contribution in [0.1, 0.15) is 0 Å². The number of likely N-dealkylation sites (N-methyl/N-ethyl adjacent to an activating group) is 1. The van der Waals surface area contributed by atoms with Crippen LogP contribution < -0.4 is 15.4 Å². The van der Waals surface area contributed by atoms with Gasteiger partial charge in [-0.2, -0.15) is 0 Å². The zero-order valence-electron chi connectivity index (χ0n) is 10.7.